The van der Waals surface area contributed by atoms with E-state index in [2.05, 4.69) is 278 Å². The maximum atomic E-state index is 2.56. The summed E-state index contributed by atoms with van der Waals surface area (Å²) in [5.74, 6) is 0. The van der Waals surface area contributed by atoms with Gasteiger partial charge in [0.05, 0.1) is 22.5 Å². The van der Waals surface area contributed by atoms with Crippen LogP contribution in [-0.4, -0.2) is 0 Å². The molecule has 0 N–H and O–H groups in total. The highest BCUT2D eigenvalue weighted by atomic mass is 15.2. The third-order valence-electron chi connectivity index (χ3n) is 14.9. The van der Waals surface area contributed by atoms with Crippen molar-refractivity contribution < 1.29 is 0 Å². The lowest BCUT2D eigenvalue weighted by Crippen LogP contribution is -2.31. The first kappa shape index (κ1) is 39.9. The molecule has 1 aliphatic carbocycles. The Bertz CT molecular complexity index is 3680. The lowest BCUT2D eigenvalue weighted by Gasteiger charge is -2.43. The van der Waals surface area contributed by atoms with E-state index in [0.717, 1.165) is 17.1 Å². The maximum Gasteiger partial charge on any atom is 0.0714 e. The molecule has 0 spiro atoms. The third kappa shape index (κ3) is 5.97. The lowest BCUT2D eigenvalue weighted by molar-refractivity contribution is 0.632. The second kappa shape index (κ2) is 15.6. The van der Waals surface area contributed by atoms with Crippen LogP contribution >= 0.6 is 0 Å². The van der Waals surface area contributed by atoms with E-state index in [1.807, 2.05) is 0 Å². The summed E-state index contributed by atoms with van der Waals surface area (Å²) in [6.07, 6.45) is 0. The first-order valence-corrected chi connectivity index (χ1v) is 23.8. The monoisotopic (exact) mass is 868 g/mol. The molecule has 0 atom stereocenters. The summed E-state index contributed by atoms with van der Waals surface area (Å²) < 4.78 is 0. The van der Waals surface area contributed by atoms with E-state index in [0.29, 0.717) is 0 Å². The summed E-state index contributed by atoms with van der Waals surface area (Å²) in [5, 5.41) is 4.90. The minimum atomic E-state index is -0.518. The molecule has 11 aromatic rings. The fourth-order valence-electron chi connectivity index (χ4n) is 11.8. The summed E-state index contributed by atoms with van der Waals surface area (Å²) in [5.41, 5.74) is 18.6. The van der Waals surface area contributed by atoms with E-state index >= 15 is 0 Å². The van der Waals surface area contributed by atoms with Crippen molar-refractivity contribution in [2.24, 2.45) is 0 Å². The summed E-state index contributed by atoms with van der Waals surface area (Å²) in [6.45, 7) is 4.79. The molecule has 2 aliphatic rings. The molecule has 0 fully saturated rings. The molecular formula is C66H48N2. The average Bonchev–Trinajstić information content (AvgIpc) is 3.70. The molecule has 13 rings (SSSR count). The molecule has 1 aliphatic heterocycles. The predicted molar refractivity (Wildman–Crippen MR) is 286 cm³/mol. The molecule has 2 heteroatoms. The van der Waals surface area contributed by atoms with Crippen molar-refractivity contribution in [3.63, 3.8) is 0 Å². The number of anilines is 6. The Hall–Kier alpha value is -8.46. The lowest BCUT2D eigenvalue weighted by atomic mass is 9.67. The van der Waals surface area contributed by atoms with Crippen LogP contribution in [0, 0.1) is 0 Å². The Kier molecular flexibility index (Phi) is 9.13. The van der Waals surface area contributed by atoms with Gasteiger partial charge in [-0.1, -0.05) is 214 Å². The highest BCUT2D eigenvalue weighted by Crippen LogP contribution is 2.59. The van der Waals surface area contributed by atoms with Crippen LogP contribution in [0.2, 0.25) is 0 Å². The van der Waals surface area contributed by atoms with Crippen LogP contribution in [0.3, 0.4) is 0 Å². The van der Waals surface area contributed by atoms with Gasteiger partial charge >= 0.3 is 0 Å². The number of hydrogen-bond acceptors (Lipinski definition) is 2. The fraction of sp³-hybridized carbons (Fsp3) is 0.0606. The number of hydrogen-bond donors (Lipinski definition) is 0. The standard InChI is InChI=1S/C66H48N2/c1-65(2)59-32-18-19-33-62(59)68(64-54-29-15-14-21-46(54)36-39-55(64)48-35-34-45-20-12-13-22-47(45)42-48)63-41-38-53(44-61(63)65)67(51-27-10-5-11-28-51)52-37-40-57-56-30-16-17-31-58(56)66(60(57)43-52,49-23-6-3-7-24-49)50-25-8-4-9-26-50/h3-44H,1-2H3. The molecule has 0 saturated carbocycles. The molecule has 0 amide bonds. The van der Waals surface area contributed by atoms with Gasteiger partial charge in [-0.3, -0.25) is 0 Å². The van der Waals surface area contributed by atoms with E-state index in [4.69, 9.17) is 0 Å². The van der Waals surface area contributed by atoms with Gasteiger partial charge in [-0.05, 0) is 121 Å². The minimum absolute atomic E-state index is 0.330. The van der Waals surface area contributed by atoms with E-state index in [9.17, 15) is 0 Å². The highest BCUT2D eigenvalue weighted by Gasteiger charge is 2.46. The van der Waals surface area contributed by atoms with Crippen LogP contribution in [0.4, 0.5) is 34.1 Å². The molecule has 68 heavy (non-hydrogen) atoms. The Labute approximate surface area is 398 Å². The van der Waals surface area contributed by atoms with Crippen LogP contribution in [-0.2, 0) is 10.8 Å². The predicted octanol–water partition coefficient (Wildman–Crippen LogP) is 17.6. The third-order valence-corrected chi connectivity index (χ3v) is 14.9. The Morgan fingerprint density at radius 2 is 0.868 bits per heavy atom. The summed E-state index contributed by atoms with van der Waals surface area (Å²) in [6, 6.07) is 94.5. The molecule has 1 heterocycles. The van der Waals surface area contributed by atoms with Gasteiger partial charge in [-0.25, -0.2) is 0 Å². The zero-order valence-corrected chi connectivity index (χ0v) is 38.1. The second-order valence-electron chi connectivity index (χ2n) is 18.9. The van der Waals surface area contributed by atoms with Gasteiger partial charge in [0.15, 0.2) is 0 Å². The largest absolute Gasteiger partial charge is 0.310 e. The minimum Gasteiger partial charge on any atom is -0.310 e. The number of benzene rings is 11. The molecule has 0 unspecified atom stereocenters. The van der Waals surface area contributed by atoms with E-state index < -0.39 is 5.41 Å². The summed E-state index contributed by atoms with van der Waals surface area (Å²) >= 11 is 0. The zero-order chi connectivity index (χ0) is 45.4. The topological polar surface area (TPSA) is 6.48 Å². The van der Waals surface area contributed by atoms with Crippen LogP contribution < -0.4 is 9.80 Å². The van der Waals surface area contributed by atoms with Crippen molar-refractivity contribution in [2.45, 2.75) is 24.7 Å². The van der Waals surface area contributed by atoms with Crippen molar-refractivity contribution >= 4 is 55.7 Å². The zero-order valence-electron chi connectivity index (χ0n) is 38.1. The molecule has 0 radical (unpaired) electrons. The van der Waals surface area contributed by atoms with Gasteiger partial charge in [0.25, 0.3) is 0 Å². The van der Waals surface area contributed by atoms with Crippen LogP contribution in [0.1, 0.15) is 47.2 Å². The summed E-state index contributed by atoms with van der Waals surface area (Å²) in [7, 11) is 0. The number of fused-ring (bicyclic) bond motifs is 7. The Morgan fingerprint density at radius 1 is 0.338 bits per heavy atom. The van der Waals surface area contributed by atoms with Crippen molar-refractivity contribution in [3.8, 4) is 22.3 Å². The number of rotatable bonds is 7. The van der Waals surface area contributed by atoms with Crippen molar-refractivity contribution in [1.29, 1.82) is 0 Å². The first-order valence-electron chi connectivity index (χ1n) is 23.8. The quantitative estimate of drug-likeness (QED) is 0.157. The smallest absolute Gasteiger partial charge is 0.0714 e. The molecule has 322 valence electrons. The second-order valence-corrected chi connectivity index (χ2v) is 18.9. The van der Waals surface area contributed by atoms with E-state index in [1.54, 1.807) is 0 Å². The first-order chi connectivity index (χ1) is 33.5. The van der Waals surface area contributed by atoms with Crippen molar-refractivity contribution in [1.82, 2.24) is 0 Å². The normalized spacial score (nSPS) is 13.9. The van der Waals surface area contributed by atoms with Crippen LogP contribution in [0.25, 0.3) is 43.8 Å². The van der Waals surface area contributed by atoms with Gasteiger partial charge in [-0.2, -0.15) is 0 Å². The average molecular weight is 869 g/mol. The Morgan fingerprint density at radius 3 is 1.62 bits per heavy atom. The molecule has 0 aromatic heterocycles. The number of nitrogens with zero attached hydrogens (tertiary/aromatic N) is 2. The van der Waals surface area contributed by atoms with Crippen molar-refractivity contribution in [2.75, 3.05) is 9.80 Å². The SMILES string of the molecule is CC1(C)c2ccccc2N(c2c(-c3ccc4ccccc4c3)ccc3ccccc23)c2ccc(N(c3ccccc3)c3ccc4c(c3)C(c3ccccc3)(c3ccccc3)c3ccccc3-4)cc21. The van der Waals surface area contributed by atoms with Crippen molar-refractivity contribution in [3.05, 3.63) is 288 Å². The van der Waals surface area contributed by atoms with Gasteiger partial charge in [0, 0.05) is 33.4 Å². The molecule has 0 bridgehead atoms. The van der Waals surface area contributed by atoms with Crippen LogP contribution in [0.15, 0.2) is 255 Å². The van der Waals surface area contributed by atoms with Gasteiger partial charge in [-0.15, -0.1) is 0 Å². The van der Waals surface area contributed by atoms with E-state index in [1.165, 1.54) is 94.2 Å². The van der Waals surface area contributed by atoms with Gasteiger partial charge in [0.2, 0.25) is 0 Å². The molecular weight excluding hydrogens is 821 g/mol. The molecule has 11 aromatic carbocycles. The van der Waals surface area contributed by atoms with E-state index in [-0.39, 0.29) is 5.41 Å². The molecule has 2 nitrogen and oxygen atoms in total. The maximum absolute atomic E-state index is 2.56. The van der Waals surface area contributed by atoms with Gasteiger partial charge < -0.3 is 9.80 Å². The summed E-state index contributed by atoms with van der Waals surface area (Å²) in [4.78, 5) is 5.02. The molecule has 0 saturated heterocycles. The Balaban J connectivity index is 1.04. The fourth-order valence-corrected chi connectivity index (χ4v) is 11.8. The van der Waals surface area contributed by atoms with Crippen LogP contribution in [0.5, 0.6) is 0 Å². The number of para-hydroxylation sites is 2. The highest BCUT2D eigenvalue weighted by molar-refractivity contribution is 6.08. The van der Waals surface area contributed by atoms with Gasteiger partial charge in [0.1, 0.15) is 0 Å².